The lowest BCUT2D eigenvalue weighted by atomic mass is 9.70. The van der Waals surface area contributed by atoms with Crippen LogP contribution in [0.15, 0.2) is 73.3 Å². The summed E-state index contributed by atoms with van der Waals surface area (Å²) in [5.41, 5.74) is 0.848. The van der Waals surface area contributed by atoms with E-state index in [4.69, 9.17) is 14.4 Å². The molecule has 2 saturated heterocycles. The highest BCUT2D eigenvalue weighted by atomic mass is 31.0. The molecule has 2 heterocycles. The van der Waals surface area contributed by atoms with E-state index >= 15 is 0 Å². The van der Waals surface area contributed by atoms with Crippen LogP contribution in [0.4, 0.5) is 0 Å². The predicted molar refractivity (Wildman–Crippen MR) is 269 cm³/mol. The molecule has 2 aliphatic rings. The van der Waals surface area contributed by atoms with E-state index in [-0.39, 0.29) is 62.6 Å². The number of Topliss-reactive ketones (excluding diaryl/α,β-unsaturated/α-hetero) is 2. The van der Waals surface area contributed by atoms with Gasteiger partial charge < -0.3 is 9.47 Å². The van der Waals surface area contributed by atoms with E-state index in [2.05, 4.69) is 117 Å². The Labute approximate surface area is 397 Å². The summed E-state index contributed by atoms with van der Waals surface area (Å²) >= 11 is 0. The molecule has 10 unspecified atom stereocenters. The molecule has 0 amide bonds. The number of benzene rings is 2. The molecule has 10 atom stereocenters. The van der Waals surface area contributed by atoms with Gasteiger partial charge in [0.25, 0.3) is 0 Å². The first-order valence-electron chi connectivity index (χ1n) is 24.3. The van der Waals surface area contributed by atoms with Crippen molar-refractivity contribution >= 4 is 33.4 Å². The average Bonchev–Trinajstić information content (AvgIpc) is 3.30. The topological polar surface area (TPSA) is 112 Å². The van der Waals surface area contributed by atoms with Crippen LogP contribution in [0.2, 0.25) is 0 Å². The second-order valence-electron chi connectivity index (χ2n) is 19.0. The van der Waals surface area contributed by atoms with Crippen LogP contribution in [-0.2, 0) is 38.3 Å². The van der Waals surface area contributed by atoms with Crippen LogP contribution in [0.5, 0.6) is 0 Å². The Morgan fingerprint density at radius 2 is 1.09 bits per heavy atom. The van der Waals surface area contributed by atoms with Crippen molar-refractivity contribution in [3.63, 3.8) is 0 Å². The molecule has 2 fully saturated rings. The summed E-state index contributed by atoms with van der Waals surface area (Å²) in [6.45, 7) is 33.5. The van der Waals surface area contributed by atoms with E-state index in [9.17, 15) is 19.2 Å². The average molecular weight is 925 g/mol. The normalized spacial score (nSPS) is 27.0. The Morgan fingerprint density at radius 1 is 0.677 bits per heavy atom. The van der Waals surface area contributed by atoms with Gasteiger partial charge >= 0.3 is 11.9 Å². The molecule has 0 N–H and O–H groups in total. The maximum absolute atomic E-state index is 13.2. The summed E-state index contributed by atoms with van der Waals surface area (Å²) in [7, 11) is 0. The largest absolute Gasteiger partial charge is 0.464 e. The Morgan fingerprint density at radius 3 is 1.49 bits per heavy atom. The Bertz CT molecular complexity index is 1750. The quantitative estimate of drug-likeness (QED) is 0.0551. The van der Waals surface area contributed by atoms with Crippen molar-refractivity contribution in [2.45, 2.75) is 208 Å². The van der Waals surface area contributed by atoms with Crippen LogP contribution in [0, 0.1) is 11.8 Å². The first kappa shape index (κ1) is 59.7. The molecule has 4 rings (SSSR count). The molecule has 0 aliphatic carbocycles. The van der Waals surface area contributed by atoms with Gasteiger partial charge in [-0.15, -0.1) is 0 Å². The smallest absolute Gasteiger partial charge is 0.337 e. The van der Waals surface area contributed by atoms with Gasteiger partial charge in [0.1, 0.15) is 17.7 Å². The third kappa shape index (κ3) is 15.9. The third-order valence-electron chi connectivity index (χ3n) is 14.4. The summed E-state index contributed by atoms with van der Waals surface area (Å²) in [5.74, 6) is -0.0922. The highest BCUT2D eigenvalue weighted by Gasteiger charge is 2.55. The Kier molecular flexibility index (Phi) is 25.9. The van der Waals surface area contributed by atoms with Gasteiger partial charge in [0.15, 0.2) is 6.10 Å². The molecule has 0 radical (unpaired) electrons. The molecule has 368 valence electrons. The van der Waals surface area contributed by atoms with Crippen molar-refractivity contribution in [2.75, 3.05) is 13.2 Å². The van der Waals surface area contributed by atoms with Gasteiger partial charge in [-0.05, 0) is 96.6 Å². The van der Waals surface area contributed by atoms with Crippen LogP contribution in [-0.4, -0.2) is 75.1 Å². The van der Waals surface area contributed by atoms with Gasteiger partial charge in [-0.2, -0.15) is 20.0 Å². The summed E-state index contributed by atoms with van der Waals surface area (Å²) in [5, 5.41) is 4.15. The molecule has 11 heteroatoms. The number of unbranched alkanes of at least 4 members (excludes halogenated alkanes) is 2. The first-order chi connectivity index (χ1) is 30.2. The minimum Gasteiger partial charge on any atom is -0.464 e. The summed E-state index contributed by atoms with van der Waals surface area (Å²) in [6.07, 6.45) is 8.98. The van der Waals surface area contributed by atoms with Gasteiger partial charge in [0, 0.05) is 30.8 Å². The fraction of sp³-hybridized carbons (Fsp3) is 0.667. The number of carbonyl (C=O) groups is 4. The zero-order valence-electron chi connectivity index (χ0n) is 43.0. The third-order valence-corrected chi connectivity index (χ3v) is 14.4. The number of rotatable bonds is 20. The number of nitrogens with zero attached hydrogens (tertiary/aromatic N) is 2. The van der Waals surface area contributed by atoms with Crippen molar-refractivity contribution in [3.8, 4) is 0 Å². The van der Waals surface area contributed by atoms with Gasteiger partial charge in [-0.25, -0.2) is 9.59 Å². The van der Waals surface area contributed by atoms with Gasteiger partial charge in [0.2, 0.25) is 0 Å². The molecule has 0 saturated carbocycles. The summed E-state index contributed by atoms with van der Waals surface area (Å²) in [4.78, 5) is 62.0. The number of hydroxylamine groups is 4. The molecule has 65 heavy (non-hydrogen) atoms. The maximum atomic E-state index is 13.2. The fourth-order valence-electron chi connectivity index (χ4n) is 8.69. The van der Waals surface area contributed by atoms with Gasteiger partial charge in [0.05, 0.1) is 35.4 Å². The van der Waals surface area contributed by atoms with Crippen molar-refractivity contribution < 1.29 is 38.3 Å². The van der Waals surface area contributed by atoms with E-state index in [1.54, 1.807) is 0 Å². The summed E-state index contributed by atoms with van der Waals surface area (Å²) in [6, 6.07) is 20.5. The molecular weight excluding hydrogens is 836 g/mol. The molecule has 2 aliphatic heterocycles. The summed E-state index contributed by atoms with van der Waals surface area (Å²) < 4.78 is 10.3. The van der Waals surface area contributed by atoms with Gasteiger partial charge in [-0.3, -0.25) is 19.3 Å². The number of ether oxygens (including phenoxy) is 2. The fourth-order valence-corrected chi connectivity index (χ4v) is 8.69. The number of hydrogen-bond acceptors (Lipinski definition) is 10. The molecular formula is C54H89N2O8P. The highest BCUT2D eigenvalue weighted by molar-refractivity contribution is 6.92. The van der Waals surface area contributed by atoms with Crippen molar-refractivity contribution in [1.29, 1.82) is 0 Å². The number of hydrogen-bond donors (Lipinski definition) is 0. The van der Waals surface area contributed by atoms with Crippen LogP contribution in [0.3, 0.4) is 0 Å². The predicted octanol–water partition coefficient (Wildman–Crippen LogP) is 12.6. The zero-order chi connectivity index (χ0) is 48.3. The van der Waals surface area contributed by atoms with E-state index in [1.807, 2.05) is 62.2 Å². The monoisotopic (exact) mass is 925 g/mol. The second-order valence-corrected chi connectivity index (χ2v) is 19.0. The van der Waals surface area contributed by atoms with Crippen LogP contribution >= 0.6 is 9.90 Å². The second kappa shape index (κ2) is 28.2. The SMILES string of the molecule is C=CC(=O)OCCCC.CCC1(C)CC(=O)C(C)C(C)(CC)N1OC(C)c1ccccc1.CCCCOC(=O)C(CC(C)c1ccccc1)ON1C(C)(CC)CC(=O)C(C)C1(C)CC.P. The van der Waals surface area contributed by atoms with E-state index in [0.29, 0.717) is 38.3 Å². The Balaban J connectivity index is 0.000000557. The lowest BCUT2D eigenvalue weighted by Crippen LogP contribution is -2.67. The molecule has 0 bridgehead atoms. The maximum Gasteiger partial charge on any atom is 0.337 e. The number of carbonyl (C=O) groups excluding carboxylic acids is 4. The van der Waals surface area contributed by atoms with Crippen molar-refractivity contribution in [2.24, 2.45) is 11.8 Å². The zero-order valence-corrected chi connectivity index (χ0v) is 44.4. The van der Waals surface area contributed by atoms with E-state index in [1.165, 1.54) is 11.6 Å². The molecule has 0 aromatic heterocycles. The minimum atomic E-state index is -0.723. The molecule has 10 nitrogen and oxygen atoms in total. The van der Waals surface area contributed by atoms with Crippen LogP contribution in [0.25, 0.3) is 0 Å². The minimum absolute atomic E-state index is 0. The van der Waals surface area contributed by atoms with Crippen LogP contribution < -0.4 is 0 Å². The molecule has 0 spiro atoms. The molecule has 2 aromatic rings. The lowest BCUT2D eigenvalue weighted by molar-refractivity contribution is -0.315. The Hall–Kier alpha value is -3.27. The number of piperidine rings is 2. The lowest BCUT2D eigenvalue weighted by Gasteiger charge is -2.56. The van der Waals surface area contributed by atoms with Crippen molar-refractivity contribution in [3.05, 3.63) is 84.4 Å². The van der Waals surface area contributed by atoms with Gasteiger partial charge in [-0.1, -0.05) is 142 Å². The number of esters is 2. The number of ketones is 2. The van der Waals surface area contributed by atoms with E-state index in [0.717, 1.165) is 56.9 Å². The standard InChI is InChI=1S/C27H43NO4.C20H31NO2.C7H12O2.H3P/c1-8-11-17-31-25(30)24(18-20(4)22-15-13-12-14-16-22)32-28-26(6,9-2)19-23(29)21(5)27(28,7)10-3;1-7-19(5)14-18(22)15(3)20(6,8-2)21(19)23-16(4)17-12-10-9-11-13-17;1-3-5-6-9-7(8)4-2;/h12-16,20-21,24H,8-11,17-19H2,1-7H3;9-13,15-16H,7-8,14H2,1-6H3;4H,2-3,5-6H2,1H3;1H3. The first-order valence-corrected chi connectivity index (χ1v) is 24.3. The van der Waals surface area contributed by atoms with Crippen LogP contribution in [0.1, 0.15) is 191 Å². The van der Waals surface area contributed by atoms with Crippen molar-refractivity contribution in [1.82, 2.24) is 10.1 Å². The highest BCUT2D eigenvalue weighted by Crippen LogP contribution is 2.46. The van der Waals surface area contributed by atoms with E-state index < -0.39 is 17.2 Å². The molecule has 2 aromatic carbocycles.